The van der Waals surface area contributed by atoms with Crippen LogP contribution in [0.5, 0.6) is 0 Å². The number of fused-ring (bicyclic) bond motifs is 1. The Labute approximate surface area is 106 Å². The van der Waals surface area contributed by atoms with Gasteiger partial charge in [0.25, 0.3) is 0 Å². The Kier molecular flexibility index (Phi) is 2.09. The average Bonchev–Trinajstić information content (AvgIpc) is 2.93. The fraction of sp³-hybridized carbons (Fsp3) is 0.357. The minimum atomic E-state index is 0.752. The topological polar surface area (TPSA) is 32.5 Å². The molecule has 0 bridgehead atoms. The number of benzene rings is 1. The lowest BCUT2D eigenvalue weighted by molar-refractivity contribution is 0.197. The molecule has 2 aromatic rings. The van der Waals surface area contributed by atoms with Crippen LogP contribution in [0.1, 0.15) is 19.3 Å². The zero-order valence-electron chi connectivity index (χ0n) is 10.1. The largest absolute Gasteiger partial charge is 0.443 e. The van der Waals surface area contributed by atoms with Gasteiger partial charge in [-0.3, -0.25) is 0 Å². The molecule has 1 saturated carbocycles. The molecule has 0 N–H and O–H groups in total. The van der Waals surface area contributed by atoms with E-state index < -0.39 is 0 Å². The van der Waals surface area contributed by atoms with Gasteiger partial charge >= 0.3 is 0 Å². The van der Waals surface area contributed by atoms with Crippen LogP contribution in [0.4, 0.5) is 5.69 Å². The molecule has 1 aliphatic carbocycles. The van der Waals surface area contributed by atoms with Gasteiger partial charge in [0.15, 0.2) is 12.0 Å². The van der Waals surface area contributed by atoms with Crippen LogP contribution in [-0.4, -0.2) is 22.6 Å². The molecule has 0 amide bonds. The molecule has 0 radical (unpaired) electrons. The van der Waals surface area contributed by atoms with E-state index in [9.17, 15) is 0 Å². The summed E-state index contributed by atoms with van der Waals surface area (Å²) in [5, 5.41) is 0. The normalized spacial score (nSPS) is 19.8. The van der Waals surface area contributed by atoms with Crippen molar-refractivity contribution in [1.82, 2.24) is 9.88 Å². The van der Waals surface area contributed by atoms with Crippen LogP contribution < -0.4 is 4.90 Å². The Hall–Kier alpha value is -1.97. The van der Waals surface area contributed by atoms with Gasteiger partial charge in [0.2, 0.25) is 0 Å². The molecule has 1 aliphatic heterocycles. The second-order valence-corrected chi connectivity index (χ2v) is 5.01. The summed E-state index contributed by atoms with van der Waals surface area (Å²) in [6.45, 7) is 0.952. The molecule has 1 aromatic carbocycles. The van der Waals surface area contributed by atoms with Gasteiger partial charge in [0.1, 0.15) is 5.52 Å². The van der Waals surface area contributed by atoms with E-state index in [1.165, 1.54) is 31.3 Å². The number of oxazole rings is 1. The van der Waals surface area contributed by atoms with E-state index in [2.05, 4.69) is 39.3 Å². The molecule has 0 spiro atoms. The van der Waals surface area contributed by atoms with Gasteiger partial charge in [-0.25, -0.2) is 4.98 Å². The van der Waals surface area contributed by atoms with Crippen molar-refractivity contribution in [3.05, 3.63) is 37.0 Å². The van der Waals surface area contributed by atoms with Gasteiger partial charge in [-0.1, -0.05) is 0 Å². The Bertz CT molecular complexity index is 600. The summed E-state index contributed by atoms with van der Waals surface area (Å²) in [6.07, 6.45) is 9.90. The van der Waals surface area contributed by atoms with E-state index in [1.54, 1.807) is 0 Å². The molecular formula is C14H15N3O. The molecule has 92 valence electrons. The summed E-state index contributed by atoms with van der Waals surface area (Å²) in [5.74, 6) is 0. The van der Waals surface area contributed by atoms with Gasteiger partial charge in [0.05, 0.1) is 6.67 Å². The fourth-order valence-electron chi connectivity index (χ4n) is 2.58. The number of aromatic nitrogens is 1. The third-order valence-corrected chi connectivity index (χ3v) is 3.94. The molecule has 1 aromatic heterocycles. The molecule has 0 atom stereocenters. The SMILES string of the molecule is C1=CN(C2CCC2)CN1c1ccc2ocnc2c1. The van der Waals surface area contributed by atoms with E-state index >= 15 is 0 Å². The summed E-state index contributed by atoms with van der Waals surface area (Å²) in [6, 6.07) is 6.90. The lowest BCUT2D eigenvalue weighted by Gasteiger charge is -2.35. The molecule has 18 heavy (non-hydrogen) atoms. The Balaban J connectivity index is 1.58. The molecule has 4 rings (SSSR count). The van der Waals surface area contributed by atoms with Crippen LogP contribution in [0, 0.1) is 0 Å². The zero-order valence-corrected chi connectivity index (χ0v) is 10.1. The van der Waals surface area contributed by atoms with Crippen molar-refractivity contribution in [2.45, 2.75) is 25.3 Å². The van der Waals surface area contributed by atoms with E-state index in [4.69, 9.17) is 4.42 Å². The van der Waals surface area contributed by atoms with Crippen LogP contribution in [-0.2, 0) is 0 Å². The average molecular weight is 241 g/mol. The molecule has 2 aliphatic rings. The lowest BCUT2D eigenvalue weighted by atomic mass is 9.92. The zero-order chi connectivity index (χ0) is 11.9. The highest BCUT2D eigenvalue weighted by Crippen LogP contribution is 2.30. The smallest absolute Gasteiger partial charge is 0.181 e. The second kappa shape index (κ2) is 3.77. The molecule has 4 nitrogen and oxygen atoms in total. The van der Waals surface area contributed by atoms with E-state index in [-0.39, 0.29) is 0 Å². The maximum absolute atomic E-state index is 5.26. The monoisotopic (exact) mass is 241 g/mol. The van der Waals surface area contributed by atoms with Gasteiger partial charge in [-0.2, -0.15) is 0 Å². The first-order valence-electron chi connectivity index (χ1n) is 6.44. The van der Waals surface area contributed by atoms with E-state index in [0.717, 1.165) is 23.8 Å². The quantitative estimate of drug-likeness (QED) is 0.809. The summed E-state index contributed by atoms with van der Waals surface area (Å²) in [7, 11) is 0. The van der Waals surface area contributed by atoms with Gasteiger partial charge in [0, 0.05) is 24.1 Å². The van der Waals surface area contributed by atoms with Crippen molar-refractivity contribution in [2.75, 3.05) is 11.6 Å². The minimum absolute atomic E-state index is 0.752. The van der Waals surface area contributed by atoms with Crippen molar-refractivity contribution in [3.8, 4) is 0 Å². The Morgan fingerprint density at radius 1 is 1.22 bits per heavy atom. The Morgan fingerprint density at radius 3 is 3.00 bits per heavy atom. The second-order valence-electron chi connectivity index (χ2n) is 5.01. The highest BCUT2D eigenvalue weighted by Gasteiger charge is 2.26. The number of hydrogen-bond acceptors (Lipinski definition) is 4. The van der Waals surface area contributed by atoms with Crippen LogP contribution in [0.3, 0.4) is 0 Å². The molecule has 0 saturated heterocycles. The van der Waals surface area contributed by atoms with Gasteiger partial charge < -0.3 is 14.2 Å². The first kappa shape index (κ1) is 10.00. The highest BCUT2D eigenvalue weighted by atomic mass is 16.3. The van der Waals surface area contributed by atoms with Crippen LogP contribution >= 0.6 is 0 Å². The van der Waals surface area contributed by atoms with Crippen molar-refractivity contribution in [3.63, 3.8) is 0 Å². The van der Waals surface area contributed by atoms with Gasteiger partial charge in [-0.15, -0.1) is 0 Å². The van der Waals surface area contributed by atoms with Crippen molar-refractivity contribution in [1.29, 1.82) is 0 Å². The van der Waals surface area contributed by atoms with Crippen molar-refractivity contribution in [2.24, 2.45) is 0 Å². The van der Waals surface area contributed by atoms with Crippen molar-refractivity contribution >= 4 is 16.8 Å². The Morgan fingerprint density at radius 2 is 2.17 bits per heavy atom. The minimum Gasteiger partial charge on any atom is -0.443 e. The summed E-state index contributed by atoms with van der Waals surface area (Å²) in [5.41, 5.74) is 2.94. The van der Waals surface area contributed by atoms with Crippen LogP contribution in [0.25, 0.3) is 11.1 Å². The fourth-order valence-corrected chi connectivity index (χ4v) is 2.58. The number of hydrogen-bond donors (Lipinski definition) is 0. The number of nitrogens with zero attached hydrogens (tertiary/aromatic N) is 3. The highest BCUT2D eigenvalue weighted by molar-refractivity contribution is 5.77. The van der Waals surface area contributed by atoms with Crippen LogP contribution in [0.15, 0.2) is 41.4 Å². The number of rotatable bonds is 2. The first-order chi connectivity index (χ1) is 8.90. The molecule has 2 heterocycles. The molecule has 4 heteroatoms. The van der Waals surface area contributed by atoms with E-state index in [0.29, 0.717) is 0 Å². The number of anilines is 1. The van der Waals surface area contributed by atoms with Gasteiger partial charge in [-0.05, 0) is 37.5 Å². The standard InChI is InChI=1S/C14H15N3O/c1-2-11(3-1)16-6-7-17(10-16)12-4-5-14-13(8-12)15-9-18-14/h4-9,11H,1-3,10H2. The third kappa shape index (κ3) is 1.49. The van der Waals surface area contributed by atoms with Crippen LogP contribution in [0.2, 0.25) is 0 Å². The third-order valence-electron chi connectivity index (χ3n) is 3.94. The molecular weight excluding hydrogens is 226 g/mol. The summed E-state index contributed by atoms with van der Waals surface area (Å²) >= 11 is 0. The predicted molar refractivity (Wildman–Crippen MR) is 70.0 cm³/mol. The first-order valence-corrected chi connectivity index (χ1v) is 6.44. The predicted octanol–water partition coefficient (Wildman–Crippen LogP) is 2.93. The summed E-state index contributed by atoms with van der Waals surface area (Å²) in [4.78, 5) is 8.88. The van der Waals surface area contributed by atoms with Crippen molar-refractivity contribution < 1.29 is 4.42 Å². The lowest BCUT2D eigenvalue weighted by Crippen LogP contribution is -2.38. The molecule has 1 fully saturated rings. The molecule has 0 unspecified atom stereocenters. The maximum atomic E-state index is 5.26. The van der Waals surface area contributed by atoms with E-state index in [1.807, 2.05) is 6.07 Å². The summed E-state index contributed by atoms with van der Waals surface area (Å²) < 4.78 is 5.26. The maximum Gasteiger partial charge on any atom is 0.181 e.